The third-order valence-electron chi connectivity index (χ3n) is 12.4. The number of hydrogen-bond donors (Lipinski definition) is 2. The monoisotopic (exact) mass is 808 g/mol. The third-order valence-corrected chi connectivity index (χ3v) is 12.4. The Morgan fingerprint density at radius 3 is 1.40 bits per heavy atom. The summed E-state index contributed by atoms with van der Waals surface area (Å²) in [5, 5.41) is 17.7. The lowest BCUT2D eigenvalue weighted by molar-refractivity contribution is -0.164. The number of piperidine rings is 1. The van der Waals surface area contributed by atoms with E-state index in [9.17, 15) is 19.2 Å². The van der Waals surface area contributed by atoms with Crippen LogP contribution in [0.15, 0.2) is 0 Å². The van der Waals surface area contributed by atoms with Crippen molar-refractivity contribution >= 4 is 23.9 Å². The van der Waals surface area contributed by atoms with Gasteiger partial charge < -0.3 is 24.6 Å². The third kappa shape index (κ3) is 31.4. The van der Waals surface area contributed by atoms with Gasteiger partial charge in [-0.2, -0.15) is 0 Å². The van der Waals surface area contributed by atoms with Crippen molar-refractivity contribution in [1.29, 1.82) is 0 Å². The van der Waals surface area contributed by atoms with E-state index in [1.54, 1.807) is 0 Å². The van der Waals surface area contributed by atoms with Crippen LogP contribution < -0.4 is 0 Å². The predicted octanol–water partition coefficient (Wildman–Crippen LogP) is 12.9. The topological polar surface area (TPSA) is 130 Å². The van der Waals surface area contributed by atoms with Gasteiger partial charge in [-0.3, -0.25) is 19.2 Å². The number of nitrogens with zero attached hydrogens (tertiary/aromatic N) is 1. The second kappa shape index (κ2) is 35.8. The van der Waals surface area contributed by atoms with Gasteiger partial charge in [0.2, 0.25) is 0 Å². The molecule has 0 spiro atoms. The summed E-state index contributed by atoms with van der Waals surface area (Å²) in [6, 6.07) is 0. The summed E-state index contributed by atoms with van der Waals surface area (Å²) in [5.41, 5.74) is -0.414. The minimum Gasteiger partial charge on any atom is -0.481 e. The van der Waals surface area contributed by atoms with Gasteiger partial charge in [-0.15, -0.1) is 0 Å². The van der Waals surface area contributed by atoms with Crippen molar-refractivity contribution in [3.8, 4) is 0 Å². The van der Waals surface area contributed by atoms with E-state index >= 15 is 0 Å². The van der Waals surface area contributed by atoms with Crippen LogP contribution in [0.1, 0.15) is 239 Å². The number of aliphatic carboxylic acids is 2. The molecule has 0 amide bonds. The predicted molar refractivity (Wildman–Crippen MR) is 232 cm³/mol. The van der Waals surface area contributed by atoms with Crippen molar-refractivity contribution in [1.82, 2.24) is 4.90 Å². The van der Waals surface area contributed by atoms with Crippen LogP contribution in [0.2, 0.25) is 0 Å². The molecule has 0 saturated carbocycles. The molecule has 1 aliphatic rings. The minimum absolute atomic E-state index is 0.0519. The van der Waals surface area contributed by atoms with Crippen LogP contribution in [0.3, 0.4) is 0 Å². The van der Waals surface area contributed by atoms with E-state index in [1.165, 1.54) is 96.3 Å². The first-order valence-electron chi connectivity index (χ1n) is 24.0. The smallest absolute Gasteiger partial charge is 0.312 e. The molecule has 1 heterocycles. The highest BCUT2D eigenvalue weighted by molar-refractivity contribution is 5.76. The highest BCUT2D eigenvalue weighted by atomic mass is 16.5. The van der Waals surface area contributed by atoms with E-state index in [0.717, 1.165) is 116 Å². The van der Waals surface area contributed by atoms with Crippen LogP contribution >= 0.6 is 0 Å². The Morgan fingerprint density at radius 2 is 0.930 bits per heavy atom. The molecule has 2 N–H and O–H groups in total. The maximum absolute atomic E-state index is 13.4. The number of carbonyl (C=O) groups is 4. The standard InChI is InChI=1S/C48H89NO8/c1-4-5-6-7-8-9-10-11-18-23-32-43(57-47(55)48(2)37-39-49(3)40-38-48)33-28-41-56-46(54)36-27-26-31-42(29-21-16-12-14-19-24-34-44(50)51)30-22-17-13-15-20-25-35-45(52)53/h42-43H,4-41H2,1-3H3,(H,50,51)(H,52,53). The van der Waals surface area contributed by atoms with Crippen molar-refractivity contribution in [3.63, 3.8) is 0 Å². The zero-order valence-electron chi connectivity index (χ0n) is 37.3. The molecule has 1 fully saturated rings. The fourth-order valence-electron chi connectivity index (χ4n) is 8.27. The van der Waals surface area contributed by atoms with E-state index in [4.69, 9.17) is 19.7 Å². The van der Waals surface area contributed by atoms with Crippen molar-refractivity contribution in [2.24, 2.45) is 11.3 Å². The first kappa shape index (κ1) is 52.9. The first-order chi connectivity index (χ1) is 27.6. The molecular weight excluding hydrogens is 719 g/mol. The Morgan fingerprint density at radius 1 is 0.544 bits per heavy atom. The Balaban J connectivity index is 2.43. The Labute approximate surface area is 349 Å². The Hall–Kier alpha value is -2.16. The maximum Gasteiger partial charge on any atom is 0.312 e. The highest BCUT2D eigenvalue weighted by Crippen LogP contribution is 2.33. The average Bonchev–Trinajstić information content (AvgIpc) is 3.18. The lowest BCUT2D eigenvalue weighted by Crippen LogP contribution is -2.42. The van der Waals surface area contributed by atoms with Gasteiger partial charge in [-0.1, -0.05) is 155 Å². The van der Waals surface area contributed by atoms with E-state index in [-0.39, 0.29) is 30.9 Å². The quantitative estimate of drug-likeness (QED) is 0.0459. The average molecular weight is 808 g/mol. The van der Waals surface area contributed by atoms with Crippen LogP contribution in [0.25, 0.3) is 0 Å². The molecule has 57 heavy (non-hydrogen) atoms. The summed E-state index contributed by atoms with van der Waals surface area (Å²) in [6.07, 6.45) is 35.9. The number of ether oxygens (including phenoxy) is 2. The van der Waals surface area contributed by atoms with Crippen LogP contribution in [0, 0.1) is 11.3 Å². The highest BCUT2D eigenvalue weighted by Gasteiger charge is 2.38. The number of rotatable bonds is 40. The van der Waals surface area contributed by atoms with Crippen molar-refractivity contribution in [2.75, 3.05) is 26.7 Å². The summed E-state index contributed by atoms with van der Waals surface area (Å²) < 4.78 is 11.9. The molecule has 1 atom stereocenters. The van der Waals surface area contributed by atoms with E-state index in [2.05, 4.69) is 25.8 Å². The Bertz CT molecular complexity index is 980. The molecule has 334 valence electrons. The number of hydrogen-bond acceptors (Lipinski definition) is 7. The summed E-state index contributed by atoms with van der Waals surface area (Å²) in [6.45, 7) is 6.54. The van der Waals surface area contributed by atoms with Gasteiger partial charge in [0.1, 0.15) is 6.10 Å². The van der Waals surface area contributed by atoms with Crippen LogP contribution in [0.5, 0.6) is 0 Å². The van der Waals surface area contributed by atoms with E-state index in [0.29, 0.717) is 25.4 Å². The van der Waals surface area contributed by atoms with Gasteiger partial charge >= 0.3 is 23.9 Å². The van der Waals surface area contributed by atoms with Gasteiger partial charge in [0.05, 0.1) is 12.0 Å². The van der Waals surface area contributed by atoms with E-state index < -0.39 is 17.4 Å². The minimum atomic E-state index is -0.707. The fourth-order valence-corrected chi connectivity index (χ4v) is 8.27. The van der Waals surface area contributed by atoms with Crippen molar-refractivity contribution in [3.05, 3.63) is 0 Å². The molecule has 9 nitrogen and oxygen atoms in total. The second-order valence-corrected chi connectivity index (χ2v) is 17.9. The molecular formula is C48H89NO8. The van der Waals surface area contributed by atoms with E-state index in [1.807, 2.05) is 0 Å². The lowest BCUT2D eigenvalue weighted by atomic mass is 9.80. The zero-order chi connectivity index (χ0) is 41.8. The van der Waals surface area contributed by atoms with Gasteiger partial charge in [-0.05, 0) is 90.8 Å². The normalized spacial score (nSPS) is 14.8. The number of carboxylic acid groups (broad SMARTS) is 2. The Kier molecular flexibility index (Phi) is 33.2. The number of unbranched alkanes of at least 4 members (excludes halogenated alkanes) is 20. The molecule has 0 aromatic heterocycles. The number of esters is 2. The summed E-state index contributed by atoms with van der Waals surface area (Å²) in [7, 11) is 2.11. The number of carbonyl (C=O) groups excluding carboxylic acids is 2. The largest absolute Gasteiger partial charge is 0.481 e. The molecule has 1 rings (SSSR count). The SMILES string of the molecule is CCCCCCCCCCCCC(CCCOC(=O)CCCCC(CCCCCCCCC(=O)O)CCCCCCCCC(=O)O)OC(=O)C1(C)CCN(C)CC1. The van der Waals surface area contributed by atoms with Gasteiger partial charge in [0.25, 0.3) is 0 Å². The molecule has 1 unspecified atom stereocenters. The summed E-state index contributed by atoms with van der Waals surface area (Å²) in [5.74, 6) is -0.931. The summed E-state index contributed by atoms with van der Waals surface area (Å²) in [4.78, 5) is 49.8. The molecule has 0 aromatic rings. The van der Waals surface area contributed by atoms with Crippen molar-refractivity contribution in [2.45, 2.75) is 245 Å². The second-order valence-electron chi connectivity index (χ2n) is 17.9. The number of carboxylic acids is 2. The van der Waals surface area contributed by atoms with Crippen molar-refractivity contribution < 1.29 is 38.9 Å². The van der Waals surface area contributed by atoms with Crippen LogP contribution in [-0.2, 0) is 28.7 Å². The van der Waals surface area contributed by atoms with Gasteiger partial charge in [-0.25, -0.2) is 0 Å². The molecule has 1 saturated heterocycles. The fraction of sp³-hybridized carbons (Fsp3) is 0.917. The molecule has 0 aliphatic carbocycles. The maximum atomic E-state index is 13.4. The van der Waals surface area contributed by atoms with Gasteiger partial charge in [0, 0.05) is 19.3 Å². The molecule has 0 bridgehead atoms. The lowest BCUT2D eigenvalue weighted by Gasteiger charge is -2.36. The molecule has 0 radical (unpaired) electrons. The van der Waals surface area contributed by atoms with Gasteiger partial charge in [0.15, 0.2) is 0 Å². The molecule has 0 aromatic carbocycles. The number of likely N-dealkylation sites (tertiary alicyclic amines) is 1. The zero-order valence-corrected chi connectivity index (χ0v) is 37.3. The van der Waals surface area contributed by atoms with Crippen LogP contribution in [0.4, 0.5) is 0 Å². The first-order valence-corrected chi connectivity index (χ1v) is 24.0. The molecule has 1 aliphatic heterocycles. The molecule has 9 heteroatoms. The van der Waals surface area contributed by atoms with Crippen LogP contribution in [-0.4, -0.2) is 71.8 Å². The summed E-state index contributed by atoms with van der Waals surface area (Å²) >= 11 is 0.